The van der Waals surface area contributed by atoms with Gasteiger partial charge in [0.15, 0.2) is 0 Å². The molecule has 0 aromatic carbocycles. The first-order valence-corrected chi connectivity index (χ1v) is 5.55. The predicted octanol–water partition coefficient (Wildman–Crippen LogP) is 3.66. The summed E-state index contributed by atoms with van der Waals surface area (Å²) >= 11 is 0. The molecule has 20 heavy (non-hydrogen) atoms. The molecule has 0 spiro atoms. The Kier molecular flexibility index (Phi) is 18.0. The van der Waals surface area contributed by atoms with E-state index in [1.165, 1.54) is 0 Å². The van der Waals surface area contributed by atoms with Crippen molar-refractivity contribution in [2.45, 2.75) is 0 Å². The first kappa shape index (κ1) is 20.7. The first-order chi connectivity index (χ1) is 9.00. The van der Waals surface area contributed by atoms with E-state index in [9.17, 15) is 0 Å². The summed E-state index contributed by atoms with van der Waals surface area (Å²) in [5.41, 5.74) is 0. The van der Waals surface area contributed by atoms with E-state index < -0.39 is 0 Å². The molecule has 0 aliphatic heterocycles. The molecular weight excluding hydrogens is 361 g/mol. The van der Waals surface area contributed by atoms with E-state index in [2.05, 4.69) is 15.0 Å². The van der Waals surface area contributed by atoms with Crippen molar-refractivity contribution in [3.05, 3.63) is 91.8 Å². The third-order valence-corrected chi connectivity index (χ3v) is 1.70. The molecule has 0 unspecified atom stereocenters. The summed E-state index contributed by atoms with van der Waals surface area (Å²) in [6, 6.07) is 17.1. The summed E-state index contributed by atoms with van der Waals surface area (Å²) in [6.45, 7) is 0. The zero-order valence-electron chi connectivity index (χ0n) is 10.7. The first-order valence-electron chi connectivity index (χ1n) is 5.55. The van der Waals surface area contributed by atoms with Crippen LogP contribution in [0.5, 0.6) is 0 Å². The molecule has 5 heteroatoms. The molecule has 0 saturated carbocycles. The van der Waals surface area contributed by atoms with E-state index >= 15 is 0 Å². The SMILES string of the molecule is Cl.[Rh].c1ccncc1.c1ccncc1.c1ccncc1. The molecule has 0 fully saturated rings. The number of hydrogen-bond donors (Lipinski definition) is 0. The largest absolute Gasteiger partial charge is 0.265 e. The maximum absolute atomic E-state index is 3.78. The monoisotopic (exact) mass is 376 g/mol. The van der Waals surface area contributed by atoms with Crippen LogP contribution in [-0.4, -0.2) is 15.0 Å². The van der Waals surface area contributed by atoms with E-state index in [4.69, 9.17) is 0 Å². The van der Waals surface area contributed by atoms with E-state index in [-0.39, 0.29) is 31.9 Å². The van der Waals surface area contributed by atoms with Gasteiger partial charge >= 0.3 is 0 Å². The fraction of sp³-hybridized carbons (Fsp3) is 0. The molecule has 0 amide bonds. The van der Waals surface area contributed by atoms with Crippen LogP contribution in [0.3, 0.4) is 0 Å². The van der Waals surface area contributed by atoms with Gasteiger partial charge in [0.05, 0.1) is 0 Å². The molecule has 3 aromatic heterocycles. The van der Waals surface area contributed by atoms with Crippen LogP contribution in [0, 0.1) is 0 Å². The normalized spacial score (nSPS) is 7.20. The van der Waals surface area contributed by atoms with Crippen molar-refractivity contribution in [3.63, 3.8) is 0 Å². The second kappa shape index (κ2) is 17.4. The molecule has 1 radical (unpaired) electrons. The van der Waals surface area contributed by atoms with Crippen LogP contribution in [0.4, 0.5) is 0 Å². The Morgan fingerprint density at radius 3 is 0.600 bits per heavy atom. The van der Waals surface area contributed by atoms with Gasteiger partial charge in [0.2, 0.25) is 0 Å². The third kappa shape index (κ3) is 14.4. The fourth-order valence-corrected chi connectivity index (χ4v) is 0.938. The smallest absolute Gasteiger partial charge is 0.0267 e. The van der Waals surface area contributed by atoms with Gasteiger partial charge in [-0.05, 0) is 36.4 Å². The van der Waals surface area contributed by atoms with Gasteiger partial charge in [-0.15, -0.1) is 12.4 Å². The molecule has 107 valence electrons. The molecule has 0 aliphatic rings. The van der Waals surface area contributed by atoms with Gasteiger partial charge in [-0.3, -0.25) is 15.0 Å². The van der Waals surface area contributed by atoms with Crippen LogP contribution < -0.4 is 0 Å². The quantitative estimate of drug-likeness (QED) is 0.562. The maximum Gasteiger partial charge on any atom is 0.0267 e. The molecule has 0 aliphatic carbocycles. The van der Waals surface area contributed by atoms with Crippen molar-refractivity contribution in [1.82, 2.24) is 15.0 Å². The summed E-state index contributed by atoms with van der Waals surface area (Å²) in [5.74, 6) is 0. The predicted molar refractivity (Wildman–Crippen MR) is 80.0 cm³/mol. The van der Waals surface area contributed by atoms with Gasteiger partial charge in [-0.1, -0.05) is 18.2 Å². The average Bonchev–Trinajstić information content (AvgIpc) is 2.54. The van der Waals surface area contributed by atoms with Crippen LogP contribution in [0.1, 0.15) is 0 Å². The summed E-state index contributed by atoms with van der Waals surface area (Å²) in [7, 11) is 0. The Morgan fingerprint density at radius 1 is 0.350 bits per heavy atom. The molecule has 0 bridgehead atoms. The Balaban J connectivity index is 0. The minimum absolute atomic E-state index is 0. The third-order valence-electron chi connectivity index (χ3n) is 1.70. The molecule has 3 nitrogen and oxygen atoms in total. The molecule has 0 N–H and O–H groups in total. The van der Waals surface area contributed by atoms with Gasteiger partial charge in [0, 0.05) is 56.7 Å². The number of aromatic nitrogens is 3. The van der Waals surface area contributed by atoms with Crippen molar-refractivity contribution in [2.24, 2.45) is 0 Å². The van der Waals surface area contributed by atoms with Crippen molar-refractivity contribution in [3.8, 4) is 0 Å². The van der Waals surface area contributed by atoms with Crippen molar-refractivity contribution in [2.75, 3.05) is 0 Å². The number of halogens is 1. The Bertz CT molecular complexity index is 314. The van der Waals surface area contributed by atoms with Crippen molar-refractivity contribution >= 4 is 12.4 Å². The van der Waals surface area contributed by atoms with Gasteiger partial charge in [-0.2, -0.15) is 0 Å². The van der Waals surface area contributed by atoms with Gasteiger partial charge < -0.3 is 0 Å². The minimum atomic E-state index is 0. The fourth-order valence-electron chi connectivity index (χ4n) is 0.938. The zero-order valence-corrected chi connectivity index (χ0v) is 13.2. The Hall–Kier alpha value is -1.64. The Morgan fingerprint density at radius 2 is 0.550 bits per heavy atom. The van der Waals surface area contributed by atoms with Crippen LogP contribution in [0.25, 0.3) is 0 Å². The van der Waals surface area contributed by atoms with Crippen LogP contribution >= 0.6 is 12.4 Å². The summed E-state index contributed by atoms with van der Waals surface area (Å²) in [4.78, 5) is 11.4. The molecule has 3 heterocycles. The average molecular weight is 377 g/mol. The van der Waals surface area contributed by atoms with E-state index in [1.54, 1.807) is 37.2 Å². The number of pyridine rings is 3. The second-order valence-corrected chi connectivity index (χ2v) is 3.07. The maximum atomic E-state index is 3.78. The van der Waals surface area contributed by atoms with Crippen molar-refractivity contribution < 1.29 is 19.5 Å². The zero-order chi connectivity index (χ0) is 12.7. The summed E-state index contributed by atoms with van der Waals surface area (Å²) < 4.78 is 0. The van der Waals surface area contributed by atoms with Gasteiger partial charge in [-0.25, -0.2) is 0 Å². The van der Waals surface area contributed by atoms with E-state index in [0.717, 1.165) is 0 Å². The minimum Gasteiger partial charge on any atom is -0.265 e. The molecule has 0 atom stereocenters. The molecule has 3 aromatic rings. The van der Waals surface area contributed by atoms with E-state index in [0.29, 0.717) is 0 Å². The van der Waals surface area contributed by atoms with Crippen LogP contribution in [-0.2, 0) is 19.5 Å². The summed E-state index contributed by atoms with van der Waals surface area (Å²) in [6.07, 6.45) is 10.5. The summed E-state index contributed by atoms with van der Waals surface area (Å²) in [5, 5.41) is 0. The number of hydrogen-bond acceptors (Lipinski definition) is 3. The van der Waals surface area contributed by atoms with E-state index in [1.807, 2.05) is 54.6 Å². The standard InChI is InChI=1S/3C5H5N.ClH.Rh/c3*1-2-4-6-5-3-1;;/h3*1-5H;1H;. The Labute approximate surface area is 138 Å². The van der Waals surface area contributed by atoms with Gasteiger partial charge in [0.25, 0.3) is 0 Å². The second-order valence-electron chi connectivity index (χ2n) is 3.07. The number of rotatable bonds is 0. The molecule has 0 saturated heterocycles. The number of nitrogens with zero attached hydrogens (tertiary/aromatic N) is 3. The van der Waals surface area contributed by atoms with Crippen molar-refractivity contribution in [1.29, 1.82) is 0 Å². The van der Waals surface area contributed by atoms with Crippen LogP contribution in [0.15, 0.2) is 91.8 Å². The topological polar surface area (TPSA) is 38.7 Å². The molecular formula is C15H16ClN3Rh. The van der Waals surface area contributed by atoms with Crippen LogP contribution in [0.2, 0.25) is 0 Å². The molecule has 3 rings (SSSR count). The van der Waals surface area contributed by atoms with Gasteiger partial charge in [0.1, 0.15) is 0 Å².